The molecule has 0 fully saturated rings. The van der Waals surface area contributed by atoms with E-state index < -0.39 is 0 Å². The Hall–Kier alpha value is -1.25. The van der Waals surface area contributed by atoms with Gasteiger partial charge in [0.25, 0.3) is 5.56 Å². The van der Waals surface area contributed by atoms with Crippen LogP contribution in [0.5, 0.6) is 0 Å². The zero-order chi connectivity index (χ0) is 14.4. The lowest BCUT2D eigenvalue weighted by Gasteiger charge is -2.04. The first kappa shape index (κ1) is 13.7. The average molecular weight is 324 g/mol. The van der Waals surface area contributed by atoms with Crippen LogP contribution in [0.2, 0.25) is 0 Å². The highest BCUT2D eigenvalue weighted by atomic mass is 32.2. The first-order valence-electron chi connectivity index (χ1n) is 5.92. The van der Waals surface area contributed by atoms with Crippen molar-refractivity contribution in [3.05, 3.63) is 26.6 Å². The van der Waals surface area contributed by atoms with Crippen molar-refractivity contribution in [3.8, 4) is 0 Å². The molecule has 3 rings (SSSR count). The van der Waals surface area contributed by atoms with Gasteiger partial charge in [-0.15, -0.1) is 11.3 Å². The number of thiophene rings is 1. The Morgan fingerprint density at radius 1 is 1.20 bits per heavy atom. The Morgan fingerprint density at radius 3 is 2.60 bits per heavy atom. The number of hydrogen-bond donors (Lipinski definition) is 0. The maximum Gasteiger partial charge on any atom is 0.262 e. The first-order chi connectivity index (χ1) is 9.47. The quantitative estimate of drug-likeness (QED) is 0.678. The summed E-state index contributed by atoms with van der Waals surface area (Å²) in [5.41, 5.74) is 1.03. The monoisotopic (exact) mass is 324 g/mol. The fourth-order valence-corrected chi connectivity index (χ4v) is 4.52. The smallest absolute Gasteiger partial charge is 0.262 e. The Bertz CT molecular complexity index is 862. The SMILES string of the molecule is Cc1nsc(Sc2nc3sc(C)c(C)c3c(=O)n2C)n1. The maximum atomic E-state index is 12.5. The lowest BCUT2D eigenvalue weighted by Crippen LogP contribution is -2.19. The summed E-state index contributed by atoms with van der Waals surface area (Å²) in [7, 11) is 1.75. The van der Waals surface area contributed by atoms with Crippen molar-refractivity contribution in [2.24, 2.45) is 7.05 Å². The minimum Gasteiger partial charge on any atom is -0.290 e. The van der Waals surface area contributed by atoms with Gasteiger partial charge in [-0.25, -0.2) is 9.97 Å². The van der Waals surface area contributed by atoms with Gasteiger partial charge in [0, 0.05) is 11.9 Å². The highest BCUT2D eigenvalue weighted by molar-refractivity contribution is 8.00. The van der Waals surface area contributed by atoms with Crippen molar-refractivity contribution in [1.82, 2.24) is 18.9 Å². The molecule has 0 aliphatic rings. The van der Waals surface area contributed by atoms with Crippen molar-refractivity contribution in [3.63, 3.8) is 0 Å². The third-order valence-electron chi connectivity index (χ3n) is 3.06. The van der Waals surface area contributed by atoms with Crippen molar-refractivity contribution >= 4 is 44.8 Å². The van der Waals surface area contributed by atoms with Crippen molar-refractivity contribution in [2.45, 2.75) is 30.3 Å². The molecule has 0 N–H and O–H groups in total. The molecule has 0 radical (unpaired) electrons. The number of nitrogens with zero attached hydrogens (tertiary/aromatic N) is 4. The van der Waals surface area contributed by atoms with E-state index >= 15 is 0 Å². The minimum absolute atomic E-state index is 0.000544. The van der Waals surface area contributed by atoms with Gasteiger partial charge in [0.2, 0.25) is 0 Å². The van der Waals surface area contributed by atoms with Crippen LogP contribution in [0.4, 0.5) is 0 Å². The Labute approximate surface area is 127 Å². The third kappa shape index (κ3) is 2.17. The van der Waals surface area contributed by atoms with Gasteiger partial charge < -0.3 is 0 Å². The van der Waals surface area contributed by atoms with Gasteiger partial charge in [-0.05, 0) is 49.6 Å². The van der Waals surface area contributed by atoms with Gasteiger partial charge in [0.15, 0.2) is 9.50 Å². The van der Waals surface area contributed by atoms with Crippen LogP contribution in [-0.4, -0.2) is 18.9 Å². The van der Waals surface area contributed by atoms with Crippen LogP contribution in [0.3, 0.4) is 0 Å². The lowest BCUT2D eigenvalue weighted by molar-refractivity contribution is 0.727. The standard InChI is InChI=1S/C12H12N4OS3/c1-5-6(2)18-9-8(5)10(17)16(4)11(14-9)19-12-13-7(3)15-20-12/h1-4H3. The van der Waals surface area contributed by atoms with Gasteiger partial charge in [-0.1, -0.05) is 0 Å². The zero-order valence-electron chi connectivity index (χ0n) is 11.4. The molecule has 0 amide bonds. The molecule has 0 spiro atoms. The molecule has 0 bridgehead atoms. The maximum absolute atomic E-state index is 12.5. The minimum atomic E-state index is 0.000544. The largest absolute Gasteiger partial charge is 0.290 e. The summed E-state index contributed by atoms with van der Waals surface area (Å²) in [5.74, 6) is 0.742. The van der Waals surface area contributed by atoms with E-state index in [1.807, 2.05) is 20.8 Å². The summed E-state index contributed by atoms with van der Waals surface area (Å²) in [4.78, 5) is 23.3. The zero-order valence-corrected chi connectivity index (χ0v) is 13.9. The number of aryl methyl sites for hydroxylation is 3. The molecule has 104 valence electrons. The molecule has 0 aromatic carbocycles. The summed E-state index contributed by atoms with van der Waals surface area (Å²) in [6.07, 6.45) is 0. The van der Waals surface area contributed by atoms with Gasteiger partial charge in [0.1, 0.15) is 10.7 Å². The predicted molar refractivity (Wildman–Crippen MR) is 83.1 cm³/mol. The summed E-state index contributed by atoms with van der Waals surface area (Å²) in [5, 5.41) is 1.38. The van der Waals surface area contributed by atoms with E-state index in [2.05, 4.69) is 14.3 Å². The molecule has 5 nitrogen and oxygen atoms in total. The fourth-order valence-electron chi connectivity index (χ4n) is 1.84. The number of fused-ring (bicyclic) bond motifs is 1. The highest BCUT2D eigenvalue weighted by Gasteiger charge is 2.16. The van der Waals surface area contributed by atoms with Crippen LogP contribution in [-0.2, 0) is 7.05 Å². The molecule has 3 aromatic heterocycles. The van der Waals surface area contributed by atoms with Crippen LogP contribution in [0.1, 0.15) is 16.3 Å². The van der Waals surface area contributed by atoms with Crippen LogP contribution in [0, 0.1) is 20.8 Å². The van der Waals surface area contributed by atoms with Crippen LogP contribution >= 0.6 is 34.6 Å². The van der Waals surface area contributed by atoms with Gasteiger partial charge in [-0.2, -0.15) is 4.37 Å². The average Bonchev–Trinajstić information content (AvgIpc) is 2.91. The van der Waals surface area contributed by atoms with Crippen molar-refractivity contribution < 1.29 is 0 Å². The molecule has 8 heteroatoms. The summed E-state index contributed by atoms with van der Waals surface area (Å²) >= 11 is 4.27. The van der Waals surface area contributed by atoms with E-state index in [1.54, 1.807) is 23.0 Å². The normalized spacial score (nSPS) is 11.4. The molecule has 0 unspecified atom stereocenters. The topological polar surface area (TPSA) is 60.7 Å². The Balaban J connectivity index is 2.17. The molecule has 3 aromatic rings. The third-order valence-corrected chi connectivity index (χ3v) is 6.05. The fraction of sp³-hybridized carbons (Fsp3) is 0.333. The molecule has 0 saturated heterocycles. The summed E-state index contributed by atoms with van der Waals surface area (Å²) in [6, 6.07) is 0. The second-order valence-corrected chi connectivity index (χ2v) is 7.60. The lowest BCUT2D eigenvalue weighted by atomic mass is 10.2. The van der Waals surface area contributed by atoms with Gasteiger partial charge in [-0.3, -0.25) is 9.36 Å². The van der Waals surface area contributed by atoms with E-state index in [4.69, 9.17) is 0 Å². The number of hydrogen-bond acceptors (Lipinski definition) is 7. The van der Waals surface area contributed by atoms with Crippen molar-refractivity contribution in [1.29, 1.82) is 0 Å². The van der Waals surface area contributed by atoms with Gasteiger partial charge >= 0.3 is 0 Å². The second kappa shape index (κ2) is 4.94. The van der Waals surface area contributed by atoms with Gasteiger partial charge in [0.05, 0.1) is 5.39 Å². The van der Waals surface area contributed by atoms with Crippen LogP contribution in [0.15, 0.2) is 14.3 Å². The Kier molecular flexibility index (Phi) is 3.39. The molecule has 0 atom stereocenters. The molecular formula is C12H12N4OS3. The summed E-state index contributed by atoms with van der Waals surface area (Å²) in [6.45, 7) is 5.84. The molecule has 0 aliphatic heterocycles. The molecule has 0 saturated carbocycles. The van der Waals surface area contributed by atoms with E-state index in [1.165, 1.54) is 23.3 Å². The number of rotatable bonds is 2. The molecule has 20 heavy (non-hydrogen) atoms. The number of aromatic nitrogens is 4. The molecular weight excluding hydrogens is 312 g/mol. The van der Waals surface area contributed by atoms with E-state index in [-0.39, 0.29) is 5.56 Å². The Morgan fingerprint density at radius 2 is 1.95 bits per heavy atom. The predicted octanol–water partition coefficient (Wildman–Crippen LogP) is 2.92. The van der Waals surface area contributed by atoms with E-state index in [0.29, 0.717) is 5.16 Å². The highest BCUT2D eigenvalue weighted by Crippen LogP contribution is 2.31. The second-order valence-electron chi connectivity index (χ2n) is 4.43. The van der Waals surface area contributed by atoms with E-state index in [9.17, 15) is 4.79 Å². The van der Waals surface area contributed by atoms with Crippen LogP contribution < -0.4 is 5.56 Å². The first-order valence-corrected chi connectivity index (χ1v) is 8.33. The van der Waals surface area contributed by atoms with Crippen LogP contribution in [0.25, 0.3) is 10.2 Å². The van der Waals surface area contributed by atoms with Crippen molar-refractivity contribution in [2.75, 3.05) is 0 Å². The molecule has 3 heterocycles. The summed E-state index contributed by atoms with van der Waals surface area (Å²) < 4.78 is 6.53. The van der Waals surface area contributed by atoms with E-state index in [0.717, 1.165) is 30.8 Å². The molecule has 0 aliphatic carbocycles.